The van der Waals surface area contributed by atoms with Crippen LogP contribution in [0.15, 0.2) is 35.4 Å². The lowest BCUT2D eigenvalue weighted by molar-refractivity contribution is 0.324. The predicted octanol–water partition coefficient (Wildman–Crippen LogP) is 2.01. The van der Waals surface area contributed by atoms with Crippen LogP contribution in [0.4, 0.5) is 0 Å². The zero-order valence-electron chi connectivity index (χ0n) is 13.0. The van der Waals surface area contributed by atoms with Crippen LogP contribution in [0.3, 0.4) is 0 Å². The van der Waals surface area contributed by atoms with Crippen molar-refractivity contribution >= 4 is 0 Å². The summed E-state index contributed by atoms with van der Waals surface area (Å²) in [6.45, 7) is 0.480. The molecular weight excluding hydrogens is 300 g/mol. The lowest BCUT2D eigenvalue weighted by Crippen LogP contribution is -1.98. The second kappa shape index (κ2) is 6.39. The summed E-state index contributed by atoms with van der Waals surface area (Å²) in [6.07, 6.45) is 5.21. The van der Waals surface area contributed by atoms with E-state index in [0.717, 1.165) is 0 Å². The highest BCUT2D eigenvalue weighted by molar-refractivity contribution is 5.65. The summed E-state index contributed by atoms with van der Waals surface area (Å²) in [6, 6.07) is 3.52. The Labute approximate surface area is 132 Å². The van der Waals surface area contributed by atoms with Gasteiger partial charge in [-0.05, 0) is 12.1 Å². The van der Waals surface area contributed by atoms with Gasteiger partial charge in [-0.1, -0.05) is 5.16 Å². The number of benzene rings is 1. The molecule has 0 unspecified atom stereocenters. The molecule has 0 fully saturated rings. The minimum Gasteiger partial charge on any atom is -0.493 e. The van der Waals surface area contributed by atoms with Gasteiger partial charge >= 0.3 is 0 Å². The summed E-state index contributed by atoms with van der Waals surface area (Å²) in [5, 5.41) is 3.97. The molecule has 0 aliphatic heterocycles. The molecule has 0 amide bonds. The molecule has 0 saturated heterocycles. The Morgan fingerprint density at radius 1 is 1.09 bits per heavy atom. The van der Waals surface area contributed by atoms with Gasteiger partial charge in [0.15, 0.2) is 17.3 Å². The topological polar surface area (TPSA) is 84.4 Å². The number of rotatable bonds is 6. The van der Waals surface area contributed by atoms with Crippen molar-refractivity contribution in [2.45, 2.75) is 6.54 Å². The van der Waals surface area contributed by atoms with E-state index in [1.54, 1.807) is 46.0 Å². The number of nitrogens with zero attached hydrogens (tertiary/aromatic N) is 4. The first kappa shape index (κ1) is 14.9. The number of hydrogen-bond acceptors (Lipinski definition) is 7. The molecule has 0 saturated carbocycles. The van der Waals surface area contributed by atoms with Crippen molar-refractivity contribution in [3.63, 3.8) is 0 Å². The van der Waals surface area contributed by atoms with E-state index in [4.69, 9.17) is 18.7 Å². The maximum absolute atomic E-state index is 5.33. The van der Waals surface area contributed by atoms with Crippen molar-refractivity contribution in [1.29, 1.82) is 0 Å². The van der Waals surface area contributed by atoms with Gasteiger partial charge in [0.05, 0.1) is 34.2 Å². The van der Waals surface area contributed by atoms with E-state index in [0.29, 0.717) is 41.1 Å². The molecule has 8 heteroatoms. The minimum absolute atomic E-state index is 0.374. The van der Waals surface area contributed by atoms with E-state index >= 15 is 0 Å². The van der Waals surface area contributed by atoms with Crippen LogP contribution >= 0.6 is 0 Å². The van der Waals surface area contributed by atoms with E-state index < -0.39 is 0 Å². The zero-order chi connectivity index (χ0) is 16.2. The van der Waals surface area contributed by atoms with E-state index in [1.165, 1.54) is 0 Å². The molecule has 1 aromatic carbocycles. The maximum atomic E-state index is 5.33. The molecule has 0 bridgehead atoms. The van der Waals surface area contributed by atoms with Crippen molar-refractivity contribution < 1.29 is 18.7 Å². The van der Waals surface area contributed by atoms with Crippen molar-refractivity contribution in [2.75, 3.05) is 21.3 Å². The quantitative estimate of drug-likeness (QED) is 0.687. The standard InChI is InChI=1S/C15H16N4O4/c1-20-11-6-10(7-12(21-2)14(11)22-3)15-17-13(18-23-15)8-19-5-4-16-9-19/h4-7,9H,8H2,1-3H3. The Balaban J connectivity index is 1.94. The molecular formula is C15H16N4O4. The molecule has 23 heavy (non-hydrogen) atoms. The van der Waals surface area contributed by atoms with Crippen LogP contribution in [0.1, 0.15) is 5.82 Å². The van der Waals surface area contributed by atoms with Gasteiger partial charge in [-0.2, -0.15) is 4.98 Å². The molecule has 0 radical (unpaired) electrons. The SMILES string of the molecule is COc1cc(-c2nc(Cn3ccnc3)no2)cc(OC)c1OC. The lowest BCUT2D eigenvalue weighted by atomic mass is 10.2. The Morgan fingerprint density at radius 2 is 1.83 bits per heavy atom. The summed E-state index contributed by atoms with van der Waals surface area (Å²) in [4.78, 5) is 8.36. The van der Waals surface area contributed by atoms with Gasteiger partial charge < -0.3 is 23.3 Å². The predicted molar refractivity (Wildman–Crippen MR) is 80.7 cm³/mol. The van der Waals surface area contributed by atoms with Gasteiger partial charge in [-0.15, -0.1) is 0 Å². The van der Waals surface area contributed by atoms with Gasteiger partial charge in [0.2, 0.25) is 5.75 Å². The second-order valence-electron chi connectivity index (χ2n) is 4.66. The summed E-state index contributed by atoms with van der Waals surface area (Å²) in [7, 11) is 4.66. The normalized spacial score (nSPS) is 10.6. The van der Waals surface area contributed by atoms with Gasteiger partial charge in [0.1, 0.15) is 0 Å². The Morgan fingerprint density at radius 3 is 2.39 bits per heavy atom. The number of imidazole rings is 1. The molecule has 8 nitrogen and oxygen atoms in total. The highest BCUT2D eigenvalue weighted by atomic mass is 16.5. The van der Waals surface area contributed by atoms with E-state index in [9.17, 15) is 0 Å². The largest absolute Gasteiger partial charge is 0.493 e. The molecule has 0 aliphatic carbocycles. The number of hydrogen-bond donors (Lipinski definition) is 0. The van der Waals surface area contributed by atoms with Crippen molar-refractivity contribution in [1.82, 2.24) is 19.7 Å². The van der Waals surface area contributed by atoms with Crippen LogP contribution in [0.2, 0.25) is 0 Å². The molecule has 2 aromatic heterocycles. The van der Waals surface area contributed by atoms with Crippen LogP contribution in [0.5, 0.6) is 17.2 Å². The average Bonchev–Trinajstić information content (AvgIpc) is 3.25. The third-order valence-electron chi connectivity index (χ3n) is 3.26. The third kappa shape index (κ3) is 2.96. The first-order valence-electron chi connectivity index (χ1n) is 6.84. The van der Waals surface area contributed by atoms with Gasteiger partial charge in [0.25, 0.3) is 5.89 Å². The first-order valence-corrected chi connectivity index (χ1v) is 6.84. The molecule has 120 valence electrons. The third-order valence-corrected chi connectivity index (χ3v) is 3.26. The molecule has 0 aliphatic rings. The number of methoxy groups -OCH3 is 3. The molecule has 0 atom stereocenters. The van der Waals surface area contributed by atoms with E-state index in [2.05, 4.69) is 15.1 Å². The van der Waals surface area contributed by atoms with E-state index in [-0.39, 0.29) is 0 Å². The van der Waals surface area contributed by atoms with Crippen molar-refractivity contribution in [2.24, 2.45) is 0 Å². The van der Waals surface area contributed by atoms with Crippen molar-refractivity contribution in [3.05, 3.63) is 36.7 Å². The molecule has 0 N–H and O–H groups in total. The highest BCUT2D eigenvalue weighted by Crippen LogP contribution is 2.40. The number of aromatic nitrogens is 4. The van der Waals surface area contributed by atoms with Gasteiger partial charge in [-0.25, -0.2) is 4.98 Å². The summed E-state index contributed by atoms with van der Waals surface area (Å²) >= 11 is 0. The lowest BCUT2D eigenvalue weighted by Gasteiger charge is -2.12. The monoisotopic (exact) mass is 316 g/mol. The fourth-order valence-electron chi connectivity index (χ4n) is 2.18. The average molecular weight is 316 g/mol. The zero-order valence-corrected chi connectivity index (χ0v) is 13.0. The summed E-state index contributed by atoms with van der Waals surface area (Å²) in [5.41, 5.74) is 0.684. The van der Waals surface area contributed by atoms with Crippen molar-refractivity contribution in [3.8, 4) is 28.7 Å². The van der Waals surface area contributed by atoms with Crippen LogP contribution in [0, 0.1) is 0 Å². The minimum atomic E-state index is 0.374. The Bertz CT molecular complexity index is 758. The Kier molecular flexibility index (Phi) is 4.13. The fraction of sp³-hybridized carbons (Fsp3) is 0.267. The fourth-order valence-corrected chi connectivity index (χ4v) is 2.18. The smallest absolute Gasteiger partial charge is 0.258 e. The molecule has 2 heterocycles. The van der Waals surface area contributed by atoms with Crippen LogP contribution < -0.4 is 14.2 Å². The highest BCUT2D eigenvalue weighted by Gasteiger charge is 2.17. The van der Waals surface area contributed by atoms with E-state index in [1.807, 2.05) is 10.8 Å². The first-order chi connectivity index (χ1) is 11.2. The summed E-state index contributed by atoms with van der Waals surface area (Å²) < 4.78 is 23.1. The molecule has 3 aromatic rings. The summed E-state index contributed by atoms with van der Waals surface area (Å²) in [5.74, 6) is 2.48. The van der Waals surface area contributed by atoms with Crippen LogP contribution in [-0.2, 0) is 6.54 Å². The second-order valence-corrected chi connectivity index (χ2v) is 4.66. The van der Waals surface area contributed by atoms with Crippen LogP contribution in [0.25, 0.3) is 11.5 Å². The maximum Gasteiger partial charge on any atom is 0.258 e. The number of ether oxygens (including phenoxy) is 3. The molecule has 0 spiro atoms. The van der Waals surface area contributed by atoms with Crippen LogP contribution in [-0.4, -0.2) is 41.0 Å². The van der Waals surface area contributed by atoms with Gasteiger partial charge in [-0.3, -0.25) is 0 Å². The molecule has 3 rings (SSSR count). The van der Waals surface area contributed by atoms with Gasteiger partial charge in [0, 0.05) is 18.0 Å². The Hall–Kier alpha value is -3.03.